The predicted octanol–water partition coefficient (Wildman–Crippen LogP) is 7.11. The molecule has 0 aromatic rings. The van der Waals surface area contributed by atoms with Crippen LogP contribution in [0.15, 0.2) is 35.5 Å². The molecular weight excluding hydrogens is 424 g/mol. The number of carbonyl (C=O) groups excluding carboxylic acids is 1. The summed E-state index contributed by atoms with van der Waals surface area (Å²) in [4.78, 5) is 23.4. The van der Waals surface area contributed by atoms with E-state index < -0.39 is 5.97 Å². The van der Waals surface area contributed by atoms with Crippen molar-refractivity contribution in [3.63, 3.8) is 0 Å². The van der Waals surface area contributed by atoms with E-state index in [-0.39, 0.29) is 34.7 Å². The highest BCUT2D eigenvalue weighted by atomic mass is 16.5. The number of hydrogen-bond acceptors (Lipinski definition) is 3. The summed E-state index contributed by atoms with van der Waals surface area (Å²) in [5.74, 6) is 0.981. The van der Waals surface area contributed by atoms with Gasteiger partial charge in [0.05, 0.1) is 0 Å². The molecule has 0 saturated heterocycles. The van der Waals surface area contributed by atoms with Crippen molar-refractivity contribution in [2.75, 3.05) is 0 Å². The average molecular weight is 469 g/mol. The molecule has 1 unspecified atom stereocenters. The van der Waals surface area contributed by atoms with Crippen molar-refractivity contribution < 1.29 is 19.4 Å². The first-order valence-corrected chi connectivity index (χ1v) is 13.3. The lowest BCUT2D eigenvalue weighted by Crippen LogP contribution is -2.52. The van der Waals surface area contributed by atoms with Crippen molar-refractivity contribution in [2.45, 2.75) is 99.0 Å². The van der Waals surface area contributed by atoms with Gasteiger partial charge in [-0.3, -0.25) is 4.79 Å². The minimum atomic E-state index is -0.698. The Morgan fingerprint density at radius 3 is 2.56 bits per heavy atom. The number of carboxylic acids is 1. The van der Waals surface area contributed by atoms with Crippen molar-refractivity contribution >= 4 is 11.9 Å². The smallest absolute Gasteiger partial charge is 0.334 e. The Balaban J connectivity index is 1.61. The summed E-state index contributed by atoms with van der Waals surface area (Å²) in [6.45, 7) is 18.0. The topological polar surface area (TPSA) is 63.6 Å². The lowest BCUT2D eigenvalue weighted by atomic mass is 9.44. The fourth-order valence-corrected chi connectivity index (χ4v) is 8.85. The lowest BCUT2D eigenvalue weighted by molar-refractivity contribution is -0.141. The van der Waals surface area contributed by atoms with E-state index in [4.69, 9.17) is 4.74 Å². The first-order chi connectivity index (χ1) is 15.8. The molecule has 3 aliphatic carbocycles. The van der Waals surface area contributed by atoms with Crippen LogP contribution in [0.1, 0.15) is 92.9 Å². The van der Waals surface area contributed by atoms with Gasteiger partial charge in [-0.1, -0.05) is 51.5 Å². The van der Waals surface area contributed by atoms with Crippen LogP contribution in [0.2, 0.25) is 0 Å². The van der Waals surface area contributed by atoms with Crippen LogP contribution in [0.4, 0.5) is 0 Å². The zero-order valence-electron chi connectivity index (χ0n) is 22.1. The van der Waals surface area contributed by atoms with Crippen molar-refractivity contribution in [3.8, 4) is 0 Å². The summed E-state index contributed by atoms with van der Waals surface area (Å²) < 4.78 is 5.59. The number of ether oxygens (including phenoxy) is 1. The maximum absolute atomic E-state index is 11.9. The summed E-state index contributed by atoms with van der Waals surface area (Å²) in [5.41, 5.74) is 3.82. The highest BCUT2D eigenvalue weighted by Gasteiger charge is 2.63. The fraction of sp³-hybridized carbons (Fsp3) is 0.733. The number of rotatable bonds is 7. The van der Waals surface area contributed by atoms with E-state index in [9.17, 15) is 14.7 Å². The van der Waals surface area contributed by atoms with E-state index in [1.165, 1.54) is 24.8 Å². The molecule has 4 heteroatoms. The number of allylic oxidation sites excluding steroid dienone is 3. The Labute approximate surface area is 205 Å². The van der Waals surface area contributed by atoms with Gasteiger partial charge in [-0.2, -0.15) is 0 Å². The lowest BCUT2D eigenvalue weighted by Gasteiger charge is -2.60. The highest BCUT2D eigenvalue weighted by molar-refractivity contribution is 5.90. The van der Waals surface area contributed by atoms with Crippen LogP contribution in [-0.4, -0.2) is 23.1 Å². The van der Waals surface area contributed by atoms with Gasteiger partial charge in [0.2, 0.25) is 0 Å². The Hall–Kier alpha value is -1.84. The molecular formula is C30H44O4. The maximum atomic E-state index is 11.9. The molecule has 34 heavy (non-hydrogen) atoms. The van der Waals surface area contributed by atoms with Gasteiger partial charge in [-0.05, 0) is 105 Å². The Kier molecular flexibility index (Phi) is 6.44. The number of carboxylic acid groups (broad SMARTS) is 1. The Bertz CT molecular complexity index is 943. The van der Waals surface area contributed by atoms with E-state index in [0.29, 0.717) is 30.1 Å². The minimum Gasteiger partial charge on any atom is -0.481 e. The molecule has 0 aromatic heterocycles. The number of fused-ring (bicyclic) bond motifs is 3. The summed E-state index contributed by atoms with van der Waals surface area (Å²) >= 11 is 0. The second-order valence-electron chi connectivity index (χ2n) is 12.7. The third-order valence-electron chi connectivity index (χ3n) is 10.9. The molecule has 1 aliphatic heterocycles. The summed E-state index contributed by atoms with van der Waals surface area (Å²) in [6.07, 6.45) is 12.0. The van der Waals surface area contributed by atoms with E-state index in [0.717, 1.165) is 24.8 Å². The summed E-state index contributed by atoms with van der Waals surface area (Å²) in [7, 11) is 0. The van der Waals surface area contributed by atoms with E-state index in [1.54, 1.807) is 5.57 Å². The fourth-order valence-electron chi connectivity index (χ4n) is 8.85. The molecule has 4 rings (SSSR count). The van der Waals surface area contributed by atoms with Crippen LogP contribution in [0.3, 0.4) is 0 Å². The first-order valence-electron chi connectivity index (χ1n) is 13.3. The van der Waals surface area contributed by atoms with Crippen LogP contribution < -0.4 is 0 Å². The number of aliphatic carboxylic acids is 1. The van der Waals surface area contributed by atoms with Crippen LogP contribution in [0.5, 0.6) is 0 Å². The highest BCUT2D eigenvalue weighted by Crippen LogP contribution is 2.72. The molecule has 8 atom stereocenters. The number of hydrogen-bond donors (Lipinski definition) is 1. The van der Waals surface area contributed by atoms with Gasteiger partial charge in [0.25, 0.3) is 0 Å². The van der Waals surface area contributed by atoms with Gasteiger partial charge >= 0.3 is 11.9 Å². The van der Waals surface area contributed by atoms with Gasteiger partial charge in [-0.15, -0.1) is 0 Å². The molecule has 4 nitrogen and oxygen atoms in total. The predicted molar refractivity (Wildman–Crippen MR) is 135 cm³/mol. The molecule has 0 radical (unpaired) electrons. The van der Waals surface area contributed by atoms with Crippen LogP contribution in [0.25, 0.3) is 0 Å². The van der Waals surface area contributed by atoms with Crippen LogP contribution >= 0.6 is 0 Å². The molecule has 188 valence electrons. The molecule has 0 bridgehead atoms. The Morgan fingerprint density at radius 1 is 1.26 bits per heavy atom. The Morgan fingerprint density at radius 2 is 1.97 bits per heavy atom. The SMILES string of the molecule is C=C(C)[C@@H]1CC=C2[C@@H](CC[C@]3(C)[C@H]([C@@H](C)CC4C=C(C)C(=O)O4)CC[C@]23C)[C@@]1(C)CCC(=O)O. The van der Waals surface area contributed by atoms with Crippen molar-refractivity contribution in [1.82, 2.24) is 0 Å². The second kappa shape index (κ2) is 8.68. The maximum Gasteiger partial charge on any atom is 0.334 e. The largest absolute Gasteiger partial charge is 0.481 e. The van der Waals surface area contributed by atoms with Gasteiger partial charge in [0, 0.05) is 12.0 Å². The first kappa shape index (κ1) is 25.3. The van der Waals surface area contributed by atoms with Crippen LogP contribution in [-0.2, 0) is 14.3 Å². The quantitative estimate of drug-likeness (QED) is 0.319. The van der Waals surface area contributed by atoms with Crippen molar-refractivity contribution in [2.24, 2.45) is 39.9 Å². The van der Waals surface area contributed by atoms with Crippen LogP contribution in [0, 0.1) is 39.9 Å². The number of esters is 1. The van der Waals surface area contributed by atoms with Gasteiger partial charge in [-0.25, -0.2) is 4.79 Å². The molecule has 1 N–H and O–H groups in total. The molecule has 2 fully saturated rings. The van der Waals surface area contributed by atoms with E-state index in [1.807, 2.05) is 13.0 Å². The summed E-state index contributed by atoms with van der Waals surface area (Å²) in [6, 6.07) is 0. The molecule has 0 amide bonds. The number of cyclic esters (lactones) is 1. The molecule has 2 saturated carbocycles. The van der Waals surface area contributed by atoms with Gasteiger partial charge < -0.3 is 9.84 Å². The zero-order valence-corrected chi connectivity index (χ0v) is 22.1. The minimum absolute atomic E-state index is 0.0529. The normalized spacial score (nSPS) is 42.2. The molecule has 1 heterocycles. The van der Waals surface area contributed by atoms with E-state index in [2.05, 4.69) is 47.3 Å². The zero-order chi connectivity index (χ0) is 25.1. The monoisotopic (exact) mass is 468 g/mol. The standard InChI is InChI=1S/C30H44O4/c1-18(2)22-8-9-25-24(28(22,5)13-12-26(31)32)11-15-29(6)23(10-14-30(25,29)7)19(3)16-21-17-20(4)27(33)34-21/h9,17,19,21-24H,1,8,10-16H2,2-7H3,(H,31,32)/t19-,21?,22-,23-,24+,28-,29+,30+/m0/s1. The van der Waals surface area contributed by atoms with E-state index >= 15 is 0 Å². The third-order valence-corrected chi connectivity index (χ3v) is 10.9. The molecule has 0 spiro atoms. The van der Waals surface area contributed by atoms with Crippen molar-refractivity contribution in [3.05, 3.63) is 35.5 Å². The average Bonchev–Trinajstić information content (AvgIpc) is 3.21. The third kappa shape index (κ3) is 3.80. The molecule has 0 aromatic carbocycles. The molecule has 4 aliphatic rings. The second-order valence-corrected chi connectivity index (χ2v) is 12.7. The van der Waals surface area contributed by atoms with Gasteiger partial charge in [0.1, 0.15) is 6.10 Å². The number of carbonyl (C=O) groups is 2. The van der Waals surface area contributed by atoms with Gasteiger partial charge in [0.15, 0.2) is 0 Å². The van der Waals surface area contributed by atoms with Crippen molar-refractivity contribution in [1.29, 1.82) is 0 Å². The summed E-state index contributed by atoms with van der Waals surface area (Å²) in [5, 5.41) is 9.49.